The van der Waals surface area contributed by atoms with Crippen LogP contribution < -0.4 is 4.74 Å². The first-order valence-electron chi connectivity index (χ1n) is 6.70. The third-order valence-electron chi connectivity index (χ3n) is 3.29. The van der Waals surface area contributed by atoms with E-state index >= 15 is 0 Å². The molecule has 0 aliphatic heterocycles. The van der Waals surface area contributed by atoms with Crippen LogP contribution in [-0.2, 0) is 17.8 Å². The first-order chi connectivity index (χ1) is 10.1. The number of methoxy groups -OCH3 is 1. The quantitative estimate of drug-likeness (QED) is 0.825. The molecule has 2 aromatic rings. The molecule has 0 radical (unpaired) electrons. The largest absolute Gasteiger partial charge is 0.496 e. The molecule has 0 atom stereocenters. The minimum Gasteiger partial charge on any atom is -0.496 e. The normalized spacial score (nSPS) is 10.2. The standard InChI is InChI=1S/C17H18BrNO2/c1-19(12-13-7-9-15(18)10-8-13)17(20)11-14-5-3-4-6-16(14)21-2/h3-10H,11-12H2,1-2H3. The molecule has 1 amide bonds. The third-order valence-corrected chi connectivity index (χ3v) is 3.82. The zero-order valence-corrected chi connectivity index (χ0v) is 13.8. The summed E-state index contributed by atoms with van der Waals surface area (Å²) in [6, 6.07) is 15.6. The minimum atomic E-state index is 0.0717. The van der Waals surface area contributed by atoms with E-state index in [9.17, 15) is 4.79 Å². The molecule has 0 aliphatic rings. The second kappa shape index (κ2) is 7.27. The fraction of sp³-hybridized carbons (Fsp3) is 0.235. The number of carbonyl (C=O) groups is 1. The zero-order chi connectivity index (χ0) is 15.2. The number of nitrogens with zero attached hydrogens (tertiary/aromatic N) is 1. The average molecular weight is 348 g/mol. The highest BCUT2D eigenvalue weighted by molar-refractivity contribution is 9.10. The number of halogens is 1. The molecule has 0 aromatic heterocycles. The van der Waals surface area contributed by atoms with Gasteiger partial charge in [-0.25, -0.2) is 0 Å². The van der Waals surface area contributed by atoms with Gasteiger partial charge in [0.2, 0.25) is 5.91 Å². The SMILES string of the molecule is COc1ccccc1CC(=O)N(C)Cc1ccc(Br)cc1. The summed E-state index contributed by atoms with van der Waals surface area (Å²) in [6.07, 6.45) is 0.344. The summed E-state index contributed by atoms with van der Waals surface area (Å²) in [5.41, 5.74) is 2.02. The van der Waals surface area contributed by atoms with E-state index in [0.717, 1.165) is 21.3 Å². The van der Waals surface area contributed by atoms with E-state index in [0.29, 0.717) is 13.0 Å². The number of rotatable bonds is 5. The lowest BCUT2D eigenvalue weighted by molar-refractivity contribution is -0.129. The van der Waals surface area contributed by atoms with E-state index in [1.165, 1.54) is 0 Å². The van der Waals surface area contributed by atoms with Crippen LogP contribution in [0.15, 0.2) is 53.0 Å². The van der Waals surface area contributed by atoms with Crippen molar-refractivity contribution in [3.05, 3.63) is 64.1 Å². The highest BCUT2D eigenvalue weighted by atomic mass is 79.9. The molecule has 0 heterocycles. The van der Waals surface area contributed by atoms with Crippen LogP contribution in [0.2, 0.25) is 0 Å². The predicted octanol–water partition coefficient (Wildman–Crippen LogP) is 3.66. The van der Waals surface area contributed by atoms with Gasteiger partial charge >= 0.3 is 0 Å². The molecule has 0 saturated heterocycles. The van der Waals surface area contributed by atoms with Crippen molar-refractivity contribution in [2.75, 3.05) is 14.2 Å². The molecular formula is C17H18BrNO2. The number of hydrogen-bond acceptors (Lipinski definition) is 2. The van der Waals surface area contributed by atoms with Crippen molar-refractivity contribution < 1.29 is 9.53 Å². The number of carbonyl (C=O) groups excluding carboxylic acids is 1. The summed E-state index contributed by atoms with van der Waals surface area (Å²) >= 11 is 3.41. The monoisotopic (exact) mass is 347 g/mol. The van der Waals surface area contributed by atoms with Crippen LogP contribution in [0.5, 0.6) is 5.75 Å². The Bertz CT molecular complexity index is 610. The third kappa shape index (κ3) is 4.33. The Balaban J connectivity index is 2.01. The van der Waals surface area contributed by atoms with Crippen molar-refractivity contribution in [3.63, 3.8) is 0 Å². The first kappa shape index (κ1) is 15.6. The summed E-state index contributed by atoms with van der Waals surface area (Å²) < 4.78 is 6.32. The van der Waals surface area contributed by atoms with Crippen molar-refractivity contribution in [1.29, 1.82) is 0 Å². The Kier molecular flexibility index (Phi) is 5.39. The van der Waals surface area contributed by atoms with Crippen LogP contribution >= 0.6 is 15.9 Å². The van der Waals surface area contributed by atoms with Crippen molar-refractivity contribution in [1.82, 2.24) is 4.90 Å². The highest BCUT2D eigenvalue weighted by Gasteiger charge is 2.12. The van der Waals surface area contributed by atoms with Crippen molar-refractivity contribution >= 4 is 21.8 Å². The van der Waals surface area contributed by atoms with Gasteiger partial charge in [-0.05, 0) is 23.8 Å². The number of benzene rings is 2. The zero-order valence-electron chi connectivity index (χ0n) is 12.2. The summed E-state index contributed by atoms with van der Waals surface area (Å²) in [7, 11) is 3.44. The number of hydrogen-bond donors (Lipinski definition) is 0. The summed E-state index contributed by atoms with van der Waals surface area (Å²) in [5, 5.41) is 0. The van der Waals surface area contributed by atoms with Crippen LogP contribution in [0.1, 0.15) is 11.1 Å². The Morgan fingerprint density at radius 2 is 1.81 bits per heavy atom. The fourth-order valence-corrected chi connectivity index (χ4v) is 2.36. The predicted molar refractivity (Wildman–Crippen MR) is 87.3 cm³/mol. The van der Waals surface area contributed by atoms with Crippen LogP contribution in [0.3, 0.4) is 0 Å². The number of likely N-dealkylation sites (N-methyl/N-ethyl adjacent to an activating group) is 1. The second-order valence-electron chi connectivity index (χ2n) is 4.86. The summed E-state index contributed by atoms with van der Waals surface area (Å²) in [6.45, 7) is 0.598. The maximum atomic E-state index is 12.3. The Labute approximate surface area is 133 Å². The molecule has 110 valence electrons. The van der Waals surface area contributed by atoms with Gasteiger partial charge in [-0.3, -0.25) is 4.79 Å². The van der Waals surface area contributed by atoms with E-state index in [4.69, 9.17) is 4.74 Å². The smallest absolute Gasteiger partial charge is 0.227 e. The lowest BCUT2D eigenvalue weighted by Gasteiger charge is -2.18. The Hall–Kier alpha value is -1.81. The number of ether oxygens (including phenoxy) is 1. The van der Waals surface area contributed by atoms with Crippen LogP contribution in [0.4, 0.5) is 0 Å². The molecule has 2 rings (SSSR count). The molecule has 21 heavy (non-hydrogen) atoms. The van der Waals surface area contributed by atoms with Crippen molar-refractivity contribution in [2.45, 2.75) is 13.0 Å². The molecule has 0 bridgehead atoms. The van der Waals surface area contributed by atoms with E-state index in [2.05, 4.69) is 15.9 Å². The first-order valence-corrected chi connectivity index (χ1v) is 7.49. The second-order valence-corrected chi connectivity index (χ2v) is 5.78. The molecule has 0 unspecified atom stereocenters. The van der Waals surface area contributed by atoms with Gasteiger partial charge in [0, 0.05) is 23.6 Å². The molecule has 4 heteroatoms. The van der Waals surface area contributed by atoms with Gasteiger partial charge in [0.05, 0.1) is 13.5 Å². The Morgan fingerprint density at radius 1 is 1.14 bits per heavy atom. The van der Waals surface area contributed by atoms with Gasteiger partial charge in [-0.2, -0.15) is 0 Å². The lowest BCUT2D eigenvalue weighted by atomic mass is 10.1. The molecule has 0 spiro atoms. The molecule has 2 aromatic carbocycles. The fourth-order valence-electron chi connectivity index (χ4n) is 2.10. The van der Waals surface area contributed by atoms with Gasteiger partial charge in [0.25, 0.3) is 0 Å². The number of para-hydroxylation sites is 1. The minimum absolute atomic E-state index is 0.0717. The Morgan fingerprint density at radius 3 is 2.48 bits per heavy atom. The average Bonchev–Trinajstić information content (AvgIpc) is 2.50. The van der Waals surface area contributed by atoms with Crippen LogP contribution in [0.25, 0.3) is 0 Å². The summed E-state index contributed by atoms with van der Waals surface area (Å²) in [5.74, 6) is 0.824. The molecule has 0 saturated carbocycles. The van der Waals surface area contributed by atoms with E-state index in [1.807, 2.05) is 55.6 Å². The maximum absolute atomic E-state index is 12.3. The van der Waals surface area contributed by atoms with E-state index in [-0.39, 0.29) is 5.91 Å². The van der Waals surface area contributed by atoms with Crippen molar-refractivity contribution in [3.8, 4) is 5.75 Å². The lowest BCUT2D eigenvalue weighted by Crippen LogP contribution is -2.27. The van der Waals surface area contributed by atoms with Gasteiger partial charge in [0.1, 0.15) is 5.75 Å². The number of amides is 1. The molecule has 0 N–H and O–H groups in total. The van der Waals surface area contributed by atoms with Gasteiger partial charge in [0.15, 0.2) is 0 Å². The molecule has 0 fully saturated rings. The highest BCUT2D eigenvalue weighted by Crippen LogP contribution is 2.19. The maximum Gasteiger partial charge on any atom is 0.227 e. The topological polar surface area (TPSA) is 29.5 Å². The van der Waals surface area contributed by atoms with Crippen molar-refractivity contribution in [2.24, 2.45) is 0 Å². The van der Waals surface area contributed by atoms with Crippen LogP contribution in [0, 0.1) is 0 Å². The summed E-state index contributed by atoms with van der Waals surface area (Å²) in [4.78, 5) is 14.0. The molecule has 3 nitrogen and oxygen atoms in total. The van der Waals surface area contributed by atoms with E-state index in [1.54, 1.807) is 12.0 Å². The molecule has 0 aliphatic carbocycles. The van der Waals surface area contributed by atoms with Gasteiger partial charge < -0.3 is 9.64 Å². The van der Waals surface area contributed by atoms with E-state index < -0.39 is 0 Å². The molecular weight excluding hydrogens is 330 g/mol. The van der Waals surface area contributed by atoms with Gasteiger partial charge in [-0.1, -0.05) is 46.3 Å². The van der Waals surface area contributed by atoms with Crippen LogP contribution in [-0.4, -0.2) is 25.0 Å². The van der Waals surface area contributed by atoms with Gasteiger partial charge in [-0.15, -0.1) is 0 Å².